The van der Waals surface area contributed by atoms with Gasteiger partial charge >= 0.3 is 6.03 Å². The van der Waals surface area contributed by atoms with E-state index in [1.54, 1.807) is 0 Å². The highest BCUT2D eigenvalue weighted by Gasteiger charge is 2.21. The number of carbonyl (C=O) groups excluding carboxylic acids is 1. The predicted molar refractivity (Wildman–Crippen MR) is 115 cm³/mol. The number of benzene rings is 2. The van der Waals surface area contributed by atoms with E-state index in [0.29, 0.717) is 17.3 Å². The van der Waals surface area contributed by atoms with Crippen LogP contribution in [-0.2, 0) is 0 Å². The molecular weight excluding hydrogens is 378 g/mol. The number of nitrogens with zero attached hydrogens (tertiary/aromatic N) is 4. The van der Waals surface area contributed by atoms with Crippen molar-refractivity contribution in [2.24, 2.45) is 0 Å². The zero-order valence-electron chi connectivity index (χ0n) is 17.0. The molecule has 2 aromatic carbocycles. The van der Waals surface area contributed by atoms with Crippen LogP contribution < -0.4 is 10.6 Å². The number of hydrogen-bond donors (Lipinski definition) is 3. The highest BCUT2D eigenvalue weighted by molar-refractivity contribution is 5.90. The SMILES string of the molecule is Cc1cc(C)n(-c2cccc(NC(=O)NC(c3ccccc3)c3n[nH]c(C)n3)c2)n1. The number of hydrogen-bond acceptors (Lipinski definition) is 4. The van der Waals surface area contributed by atoms with E-state index in [1.807, 2.05) is 86.1 Å². The minimum Gasteiger partial charge on any atom is -0.324 e. The number of nitrogens with one attached hydrogen (secondary N) is 3. The lowest BCUT2D eigenvalue weighted by molar-refractivity contribution is 0.249. The topological polar surface area (TPSA) is 101 Å². The summed E-state index contributed by atoms with van der Waals surface area (Å²) in [6.07, 6.45) is 0. The standard InChI is InChI=1S/C22H23N7O/c1-14-12-15(2)29(28-14)19-11-7-10-18(13-19)24-22(30)25-20(17-8-5-4-6-9-17)21-23-16(3)26-27-21/h4-13,20H,1-3H3,(H,23,26,27)(H2,24,25,30). The lowest BCUT2D eigenvalue weighted by Gasteiger charge is -2.17. The average molecular weight is 401 g/mol. The van der Waals surface area contributed by atoms with Gasteiger partial charge in [0.05, 0.1) is 11.4 Å². The summed E-state index contributed by atoms with van der Waals surface area (Å²) in [5.41, 5.74) is 4.40. The summed E-state index contributed by atoms with van der Waals surface area (Å²) in [6, 6.07) is 18.4. The molecule has 0 aliphatic heterocycles. The summed E-state index contributed by atoms with van der Waals surface area (Å²) < 4.78 is 1.85. The van der Waals surface area contributed by atoms with Crippen LogP contribution in [0, 0.1) is 20.8 Å². The number of H-pyrrole nitrogens is 1. The van der Waals surface area contributed by atoms with E-state index in [1.165, 1.54) is 0 Å². The number of aromatic nitrogens is 5. The number of rotatable bonds is 5. The summed E-state index contributed by atoms with van der Waals surface area (Å²) in [5.74, 6) is 1.19. The third kappa shape index (κ3) is 4.22. The van der Waals surface area contributed by atoms with E-state index >= 15 is 0 Å². The maximum absolute atomic E-state index is 12.8. The zero-order chi connectivity index (χ0) is 21.1. The second-order valence-electron chi connectivity index (χ2n) is 7.11. The molecule has 0 fully saturated rings. The van der Waals surface area contributed by atoms with E-state index in [-0.39, 0.29) is 6.03 Å². The maximum atomic E-state index is 12.8. The number of aryl methyl sites for hydroxylation is 3. The van der Waals surface area contributed by atoms with Crippen molar-refractivity contribution >= 4 is 11.7 Å². The van der Waals surface area contributed by atoms with Gasteiger partial charge in [-0.2, -0.15) is 10.2 Å². The Morgan fingerprint density at radius 3 is 2.50 bits per heavy atom. The van der Waals surface area contributed by atoms with Crippen molar-refractivity contribution < 1.29 is 4.79 Å². The van der Waals surface area contributed by atoms with Gasteiger partial charge in [0.15, 0.2) is 5.82 Å². The summed E-state index contributed by atoms with van der Waals surface area (Å²) in [6.45, 7) is 5.77. The van der Waals surface area contributed by atoms with Crippen LogP contribution in [0.4, 0.5) is 10.5 Å². The normalized spacial score (nSPS) is 11.8. The fourth-order valence-electron chi connectivity index (χ4n) is 3.34. The molecule has 0 bridgehead atoms. The molecule has 0 radical (unpaired) electrons. The Bertz CT molecular complexity index is 1160. The first kappa shape index (κ1) is 19.4. The van der Waals surface area contributed by atoms with Crippen molar-refractivity contribution in [1.29, 1.82) is 0 Å². The molecule has 1 unspecified atom stereocenters. The van der Waals surface area contributed by atoms with Crippen LogP contribution in [0.2, 0.25) is 0 Å². The van der Waals surface area contributed by atoms with Crippen molar-refractivity contribution in [3.63, 3.8) is 0 Å². The third-order valence-corrected chi connectivity index (χ3v) is 4.64. The molecule has 2 heterocycles. The Balaban J connectivity index is 1.54. The first-order valence-electron chi connectivity index (χ1n) is 9.64. The fraction of sp³-hybridized carbons (Fsp3) is 0.182. The number of urea groups is 1. The summed E-state index contributed by atoms with van der Waals surface area (Å²) in [5, 5.41) is 17.4. The van der Waals surface area contributed by atoms with E-state index in [2.05, 4.69) is 30.9 Å². The summed E-state index contributed by atoms with van der Waals surface area (Å²) >= 11 is 0. The minimum absolute atomic E-state index is 0.350. The number of amides is 2. The summed E-state index contributed by atoms with van der Waals surface area (Å²) in [7, 11) is 0. The molecule has 3 N–H and O–H groups in total. The van der Waals surface area contributed by atoms with E-state index < -0.39 is 6.04 Å². The highest BCUT2D eigenvalue weighted by Crippen LogP contribution is 2.20. The highest BCUT2D eigenvalue weighted by atomic mass is 16.2. The number of carbonyl (C=O) groups is 1. The van der Waals surface area contributed by atoms with Gasteiger partial charge in [-0.1, -0.05) is 36.4 Å². The Hall–Kier alpha value is -3.94. The largest absolute Gasteiger partial charge is 0.324 e. The van der Waals surface area contributed by atoms with Crippen molar-refractivity contribution in [3.05, 3.63) is 89.3 Å². The zero-order valence-corrected chi connectivity index (χ0v) is 17.0. The van der Waals surface area contributed by atoms with Crippen LogP contribution in [0.1, 0.15) is 34.6 Å². The predicted octanol–water partition coefficient (Wildman–Crippen LogP) is 3.83. The lowest BCUT2D eigenvalue weighted by Crippen LogP contribution is -2.33. The third-order valence-electron chi connectivity index (χ3n) is 4.64. The fourth-order valence-corrected chi connectivity index (χ4v) is 3.34. The molecule has 2 aromatic heterocycles. The second-order valence-corrected chi connectivity index (χ2v) is 7.11. The van der Waals surface area contributed by atoms with Gasteiger partial charge in [0.25, 0.3) is 0 Å². The van der Waals surface area contributed by atoms with Crippen LogP contribution in [0.3, 0.4) is 0 Å². The van der Waals surface area contributed by atoms with Gasteiger partial charge in [-0.05, 0) is 50.6 Å². The Labute approximate surface area is 174 Å². The van der Waals surface area contributed by atoms with Gasteiger partial charge in [-0.25, -0.2) is 14.5 Å². The van der Waals surface area contributed by atoms with Gasteiger partial charge in [0.2, 0.25) is 0 Å². The van der Waals surface area contributed by atoms with Crippen molar-refractivity contribution in [2.75, 3.05) is 5.32 Å². The van der Waals surface area contributed by atoms with Gasteiger partial charge in [-0.15, -0.1) is 0 Å². The molecule has 4 rings (SSSR count). The molecular formula is C22H23N7O. The van der Waals surface area contributed by atoms with E-state index in [9.17, 15) is 4.79 Å². The molecule has 0 aliphatic rings. The number of anilines is 1. The quantitative estimate of drug-likeness (QED) is 0.473. The van der Waals surface area contributed by atoms with Crippen LogP contribution in [0.15, 0.2) is 60.7 Å². The van der Waals surface area contributed by atoms with Crippen LogP contribution >= 0.6 is 0 Å². The molecule has 8 nitrogen and oxygen atoms in total. The second kappa shape index (κ2) is 8.20. The molecule has 1 atom stereocenters. The Morgan fingerprint density at radius 1 is 1.03 bits per heavy atom. The first-order chi connectivity index (χ1) is 14.5. The molecule has 152 valence electrons. The molecule has 0 aliphatic carbocycles. The maximum Gasteiger partial charge on any atom is 0.320 e. The Morgan fingerprint density at radius 2 is 1.83 bits per heavy atom. The monoisotopic (exact) mass is 401 g/mol. The van der Waals surface area contributed by atoms with Crippen molar-refractivity contribution in [3.8, 4) is 5.69 Å². The summed E-state index contributed by atoms with van der Waals surface area (Å²) in [4.78, 5) is 17.2. The molecule has 0 saturated carbocycles. The van der Waals surface area contributed by atoms with Crippen molar-refractivity contribution in [2.45, 2.75) is 26.8 Å². The molecule has 0 spiro atoms. The molecule has 2 amide bonds. The molecule has 4 aromatic rings. The lowest BCUT2D eigenvalue weighted by atomic mass is 10.1. The first-order valence-corrected chi connectivity index (χ1v) is 9.64. The average Bonchev–Trinajstić information content (AvgIpc) is 3.31. The molecule has 30 heavy (non-hydrogen) atoms. The number of aromatic amines is 1. The molecule has 0 saturated heterocycles. The van der Waals surface area contributed by atoms with E-state index in [4.69, 9.17) is 0 Å². The van der Waals surface area contributed by atoms with Gasteiger partial charge < -0.3 is 10.6 Å². The van der Waals surface area contributed by atoms with Crippen LogP contribution in [0.5, 0.6) is 0 Å². The van der Waals surface area contributed by atoms with Gasteiger partial charge in [0.1, 0.15) is 11.9 Å². The minimum atomic E-state index is -0.477. The van der Waals surface area contributed by atoms with Crippen LogP contribution in [-0.4, -0.2) is 31.0 Å². The smallest absolute Gasteiger partial charge is 0.320 e. The van der Waals surface area contributed by atoms with E-state index in [0.717, 1.165) is 22.6 Å². The Kier molecular flexibility index (Phi) is 5.30. The molecule has 8 heteroatoms. The van der Waals surface area contributed by atoms with Crippen LogP contribution in [0.25, 0.3) is 5.69 Å². The van der Waals surface area contributed by atoms with Crippen molar-refractivity contribution in [1.82, 2.24) is 30.3 Å². The van der Waals surface area contributed by atoms with Gasteiger partial charge in [-0.3, -0.25) is 5.10 Å². The van der Waals surface area contributed by atoms with Gasteiger partial charge in [0, 0.05) is 11.4 Å².